The Morgan fingerprint density at radius 2 is 0.750 bits per heavy atom. The Bertz CT molecular complexity index is 219. The molecular weight excluding hydrogens is 270 g/mol. The molecule has 0 aromatic rings. The van der Waals surface area contributed by atoms with Crippen molar-refractivity contribution < 1.29 is 83.1 Å². The second kappa shape index (κ2) is 8.84. The summed E-state index contributed by atoms with van der Waals surface area (Å²) in [6.07, 6.45) is 0. The van der Waals surface area contributed by atoms with Crippen LogP contribution in [0.25, 0.3) is 0 Å². The molecule has 0 aliphatic heterocycles. The molecule has 8 nitrogen and oxygen atoms in total. The summed E-state index contributed by atoms with van der Waals surface area (Å²) in [5.74, 6) is 0. The smallest absolute Gasteiger partial charge is 1.00 e. The van der Waals surface area contributed by atoms with Gasteiger partial charge in [-0.2, -0.15) is 16.8 Å². The van der Waals surface area contributed by atoms with Crippen LogP contribution in [-0.4, -0.2) is 35.0 Å². The summed E-state index contributed by atoms with van der Waals surface area (Å²) < 4.78 is 63.2. The van der Waals surface area contributed by atoms with Crippen LogP contribution in [-0.2, 0) is 37.9 Å². The zero-order chi connectivity index (χ0) is 9.00. The molecule has 12 heavy (non-hydrogen) atoms. The van der Waals surface area contributed by atoms with E-state index in [2.05, 4.69) is 0 Å². The van der Waals surface area contributed by atoms with Crippen molar-refractivity contribution in [1.82, 2.24) is 0 Å². The monoisotopic (exact) mass is 275 g/mol. The largest absolute Gasteiger partial charge is 1.00 e. The fraction of sp³-hybridized carbons (Fsp3) is 0. The van der Waals surface area contributed by atoms with Crippen LogP contribution in [0.5, 0.6) is 0 Å². The molecule has 0 unspecified atom stereocenters. The summed E-state index contributed by atoms with van der Waals surface area (Å²) in [6.45, 7) is 0. The van der Waals surface area contributed by atoms with Gasteiger partial charge < -0.3 is 1.43 Å². The number of hydrogen-bond acceptors (Lipinski definition) is 4. The minimum absolute atomic E-state index is 0. The van der Waals surface area contributed by atoms with Crippen molar-refractivity contribution in [2.75, 3.05) is 0 Å². The van der Waals surface area contributed by atoms with Crippen molar-refractivity contribution in [3.05, 3.63) is 0 Å². The quantitative estimate of drug-likeness (QED) is 0.257. The molecule has 0 saturated carbocycles. The van der Waals surface area contributed by atoms with Gasteiger partial charge in [-0.15, -0.1) is 0 Å². The number of hydrogen-bond donors (Lipinski definition) is 4. The predicted octanol–water partition coefficient (Wildman–Crippen LogP) is -4.19. The van der Waals surface area contributed by atoms with E-state index in [1.165, 1.54) is 0 Å². The third-order valence-electron chi connectivity index (χ3n) is 0. The van der Waals surface area contributed by atoms with Crippen LogP contribution < -0.4 is 29.6 Å². The van der Waals surface area contributed by atoms with Crippen LogP contribution in [0.4, 0.5) is 0 Å². The molecule has 0 bridgehead atoms. The predicted molar refractivity (Wildman–Crippen MR) is 29.5 cm³/mol. The first kappa shape index (κ1) is 23.2. The fourth-order valence-electron chi connectivity index (χ4n) is 0. The fourth-order valence-corrected chi connectivity index (χ4v) is 0. The van der Waals surface area contributed by atoms with Crippen molar-refractivity contribution >= 4 is 20.8 Å². The molecule has 0 rings (SSSR count). The van der Waals surface area contributed by atoms with E-state index >= 15 is 0 Å². The van der Waals surface area contributed by atoms with E-state index in [9.17, 15) is 0 Å². The van der Waals surface area contributed by atoms with Crippen LogP contribution in [0.3, 0.4) is 0 Å². The van der Waals surface area contributed by atoms with E-state index in [-0.39, 0.29) is 48.1 Å². The molecule has 0 aromatic carbocycles. The maximum absolute atomic E-state index is 8.74. The van der Waals surface area contributed by atoms with E-state index in [1.807, 2.05) is 0 Å². The van der Waals surface area contributed by atoms with Gasteiger partial charge in [-0.1, -0.05) is 0 Å². The van der Waals surface area contributed by atoms with Gasteiger partial charge in [-0.25, -0.2) is 0 Å². The minimum atomic E-state index is -4.67. The molecule has 0 heterocycles. The summed E-state index contributed by atoms with van der Waals surface area (Å²) >= 11 is 0. The van der Waals surface area contributed by atoms with Crippen molar-refractivity contribution in [3.63, 3.8) is 0 Å². The van der Waals surface area contributed by atoms with Gasteiger partial charge in [0.05, 0.1) is 0 Å². The van der Waals surface area contributed by atoms with E-state index in [1.54, 1.807) is 0 Å². The molecule has 4 N–H and O–H groups in total. The Balaban J connectivity index is -0.0000000267. The summed E-state index contributed by atoms with van der Waals surface area (Å²) in [6, 6.07) is 0. The molecular formula is H5MnNaO8S2. The van der Waals surface area contributed by atoms with Crippen LogP contribution in [0.2, 0.25) is 0 Å². The Labute approximate surface area is 103 Å². The van der Waals surface area contributed by atoms with Gasteiger partial charge in [0.2, 0.25) is 0 Å². The maximum Gasteiger partial charge on any atom is 1.00 e. The maximum atomic E-state index is 8.74. The summed E-state index contributed by atoms with van der Waals surface area (Å²) in [4.78, 5) is 0. The third kappa shape index (κ3) is 747. The molecule has 1 radical (unpaired) electrons. The van der Waals surface area contributed by atoms with Gasteiger partial charge in [0, 0.05) is 17.1 Å². The molecule has 12 heteroatoms. The molecule has 0 amide bonds. The zero-order valence-corrected chi connectivity index (χ0v) is 10.4. The molecule has 0 aromatic heterocycles. The van der Waals surface area contributed by atoms with Crippen molar-refractivity contribution in [2.45, 2.75) is 0 Å². The van der Waals surface area contributed by atoms with Gasteiger partial charge >= 0.3 is 50.4 Å². The first-order chi connectivity index (χ1) is 4.00. The van der Waals surface area contributed by atoms with E-state index in [0.717, 1.165) is 0 Å². The molecule has 0 aliphatic rings. The molecule has 0 aliphatic carbocycles. The molecule has 0 spiro atoms. The minimum Gasteiger partial charge on any atom is -1.00 e. The topological polar surface area (TPSA) is 149 Å². The van der Waals surface area contributed by atoms with E-state index < -0.39 is 20.8 Å². The van der Waals surface area contributed by atoms with Crippen LogP contribution in [0.15, 0.2) is 0 Å². The first-order valence-corrected chi connectivity index (χ1v) is 4.19. The zero-order valence-electron chi connectivity index (χ0n) is 6.62. The first-order valence-electron chi connectivity index (χ1n) is 1.40. The Hall–Kier alpha value is 1.26. The van der Waals surface area contributed by atoms with Gasteiger partial charge in [0.15, 0.2) is 0 Å². The van der Waals surface area contributed by atoms with Crippen LogP contribution in [0.1, 0.15) is 1.43 Å². The van der Waals surface area contributed by atoms with Gasteiger partial charge in [-0.3, -0.25) is 18.2 Å². The SMILES string of the molecule is O=S(=O)(O)O.O=S(=O)(O)O.[H-].[Mn].[Na+]. The summed E-state index contributed by atoms with van der Waals surface area (Å²) in [7, 11) is -9.33. The second-order valence-corrected chi connectivity index (χ2v) is 2.69. The molecule has 0 fully saturated rings. The third-order valence-corrected chi connectivity index (χ3v) is 0. The Morgan fingerprint density at radius 1 is 0.750 bits per heavy atom. The average Bonchev–Trinajstić information content (AvgIpc) is 1.12. The van der Waals surface area contributed by atoms with Crippen LogP contribution >= 0.6 is 0 Å². The van der Waals surface area contributed by atoms with Gasteiger partial charge in [-0.05, 0) is 0 Å². The van der Waals surface area contributed by atoms with Gasteiger partial charge in [0.25, 0.3) is 0 Å². The van der Waals surface area contributed by atoms with Crippen LogP contribution in [0, 0.1) is 0 Å². The normalized spacial score (nSPS) is 9.67. The summed E-state index contributed by atoms with van der Waals surface area (Å²) in [5.41, 5.74) is 0. The number of rotatable bonds is 0. The van der Waals surface area contributed by atoms with Crippen molar-refractivity contribution in [1.29, 1.82) is 0 Å². The second-order valence-electron chi connectivity index (χ2n) is 0.896. The standard InChI is InChI=1S/Mn.Na.2H2O4S.H/c;;2*1-5(2,3)4;/h;;2*(H2,1,2,3,4);/q;+1;;;-1. The molecule has 73 valence electrons. The van der Waals surface area contributed by atoms with Crippen molar-refractivity contribution in [2.24, 2.45) is 0 Å². The van der Waals surface area contributed by atoms with E-state index in [4.69, 9.17) is 35.0 Å². The Morgan fingerprint density at radius 3 is 0.750 bits per heavy atom. The van der Waals surface area contributed by atoms with E-state index in [0.29, 0.717) is 0 Å². The van der Waals surface area contributed by atoms with Gasteiger partial charge in [0.1, 0.15) is 0 Å². The molecule has 0 atom stereocenters. The average molecular weight is 275 g/mol. The van der Waals surface area contributed by atoms with Crippen molar-refractivity contribution in [3.8, 4) is 0 Å². The molecule has 0 saturated heterocycles. The summed E-state index contributed by atoms with van der Waals surface area (Å²) in [5, 5.41) is 0. The Kier molecular flexibility index (Phi) is 17.1.